The van der Waals surface area contributed by atoms with E-state index in [0.717, 1.165) is 16.3 Å². The molecule has 4 N–H and O–H groups in total. The predicted octanol–water partition coefficient (Wildman–Crippen LogP) is 1.39. The van der Waals surface area contributed by atoms with Gasteiger partial charge in [0, 0.05) is 23.5 Å². The van der Waals surface area contributed by atoms with Crippen LogP contribution >= 0.6 is 11.3 Å². The van der Waals surface area contributed by atoms with E-state index in [1.807, 2.05) is 22.9 Å². The summed E-state index contributed by atoms with van der Waals surface area (Å²) in [5, 5.41) is 6.27. The molecule has 0 aliphatic rings. The molecule has 3 heterocycles. The van der Waals surface area contributed by atoms with Gasteiger partial charge in [-0.25, -0.2) is 20.8 Å². The number of nitrogen functional groups attached to an aromatic ring is 1. The number of thiazole rings is 1. The average Bonchev–Trinajstić information content (AvgIpc) is 3.04. The van der Waals surface area contributed by atoms with Gasteiger partial charge in [-0.3, -0.25) is 0 Å². The highest BCUT2D eigenvalue weighted by atomic mass is 32.1. The number of hydrazine groups is 1. The van der Waals surface area contributed by atoms with E-state index in [0.29, 0.717) is 18.2 Å². The normalized spacial score (nSPS) is 10.8. The van der Waals surface area contributed by atoms with Gasteiger partial charge in [0.15, 0.2) is 17.3 Å². The Hall–Kier alpha value is -2.19. The summed E-state index contributed by atoms with van der Waals surface area (Å²) >= 11 is 1.62. The Morgan fingerprint density at radius 3 is 3.05 bits per heavy atom. The number of anilines is 2. The molecule has 0 unspecified atom stereocenters. The monoisotopic (exact) mass is 275 g/mol. The first-order valence-electron chi connectivity index (χ1n) is 5.71. The Bertz CT molecular complexity index is 702. The summed E-state index contributed by atoms with van der Waals surface area (Å²) in [4.78, 5) is 13.0. The summed E-state index contributed by atoms with van der Waals surface area (Å²) in [6.07, 6.45) is 5.34. The van der Waals surface area contributed by atoms with Gasteiger partial charge in [-0.2, -0.15) is 0 Å². The van der Waals surface area contributed by atoms with E-state index in [1.54, 1.807) is 23.7 Å². The van der Waals surface area contributed by atoms with Crippen LogP contribution in [0.3, 0.4) is 0 Å². The Balaban J connectivity index is 1.88. The van der Waals surface area contributed by atoms with Crippen molar-refractivity contribution in [1.82, 2.24) is 19.4 Å². The lowest BCUT2D eigenvalue weighted by atomic mass is 10.5. The Morgan fingerprint density at radius 1 is 1.42 bits per heavy atom. The maximum Gasteiger partial charge on any atom is 0.180 e. The number of fused-ring (bicyclic) bond motifs is 1. The maximum absolute atomic E-state index is 5.40. The number of rotatable bonds is 4. The molecule has 7 nitrogen and oxygen atoms in total. The molecule has 3 aromatic rings. The van der Waals surface area contributed by atoms with Crippen LogP contribution in [0.5, 0.6) is 0 Å². The molecule has 0 fully saturated rings. The fourth-order valence-corrected chi connectivity index (χ4v) is 2.47. The quantitative estimate of drug-likeness (QED) is 0.492. The number of imidazole rings is 1. The summed E-state index contributed by atoms with van der Waals surface area (Å²) in [6.45, 7) is 2.59. The van der Waals surface area contributed by atoms with Gasteiger partial charge in [0.2, 0.25) is 0 Å². The average molecular weight is 275 g/mol. The number of aromatic nitrogens is 4. The van der Waals surface area contributed by atoms with Crippen LogP contribution in [0.4, 0.5) is 11.6 Å². The molecule has 0 aromatic carbocycles. The molecule has 0 saturated heterocycles. The fourth-order valence-electron chi connectivity index (χ4n) is 1.76. The van der Waals surface area contributed by atoms with Gasteiger partial charge in [-0.1, -0.05) is 0 Å². The second-order valence-corrected chi connectivity index (χ2v) is 4.96. The standard InChI is InChI=1S/C11H13N7S/c1-7-6-19-9(15-7)4-14-10-11-13-2-3-18(11)5-8(16-10)17-12/h2-3,5-6,17H,4,12H2,1H3,(H,14,16). The van der Waals surface area contributed by atoms with Gasteiger partial charge < -0.3 is 15.1 Å². The lowest BCUT2D eigenvalue weighted by Crippen LogP contribution is -2.12. The highest BCUT2D eigenvalue weighted by molar-refractivity contribution is 7.09. The first-order chi connectivity index (χ1) is 9.26. The van der Waals surface area contributed by atoms with E-state index in [-0.39, 0.29) is 0 Å². The molecule has 3 aromatic heterocycles. The van der Waals surface area contributed by atoms with Crippen molar-refractivity contribution in [2.45, 2.75) is 13.5 Å². The molecular formula is C11H13N7S. The predicted molar refractivity (Wildman–Crippen MR) is 75.0 cm³/mol. The van der Waals surface area contributed by atoms with Crippen LogP contribution in [0, 0.1) is 6.92 Å². The Kier molecular flexibility index (Phi) is 3.02. The molecule has 3 rings (SSSR count). The van der Waals surface area contributed by atoms with Crippen LogP contribution < -0.4 is 16.6 Å². The van der Waals surface area contributed by atoms with E-state index in [4.69, 9.17) is 5.84 Å². The molecule has 0 spiro atoms. The number of nitrogens with zero attached hydrogens (tertiary/aromatic N) is 4. The first kappa shape index (κ1) is 11.9. The van der Waals surface area contributed by atoms with Gasteiger partial charge in [-0.15, -0.1) is 11.3 Å². The zero-order valence-corrected chi connectivity index (χ0v) is 11.1. The van der Waals surface area contributed by atoms with Gasteiger partial charge in [0.05, 0.1) is 12.7 Å². The summed E-state index contributed by atoms with van der Waals surface area (Å²) in [7, 11) is 0. The number of aryl methyl sites for hydroxylation is 1. The zero-order chi connectivity index (χ0) is 13.2. The minimum absolute atomic E-state index is 0.573. The van der Waals surface area contributed by atoms with Crippen molar-refractivity contribution in [2.75, 3.05) is 10.7 Å². The van der Waals surface area contributed by atoms with Crippen molar-refractivity contribution in [3.05, 3.63) is 34.7 Å². The van der Waals surface area contributed by atoms with Gasteiger partial charge in [0.25, 0.3) is 0 Å². The fraction of sp³-hybridized carbons (Fsp3) is 0.182. The summed E-state index contributed by atoms with van der Waals surface area (Å²) in [5.41, 5.74) is 4.32. The molecule has 0 aliphatic carbocycles. The highest BCUT2D eigenvalue weighted by Crippen LogP contribution is 2.17. The van der Waals surface area contributed by atoms with Gasteiger partial charge >= 0.3 is 0 Å². The van der Waals surface area contributed by atoms with E-state index in [1.165, 1.54) is 0 Å². The third-order valence-corrected chi connectivity index (χ3v) is 3.56. The van der Waals surface area contributed by atoms with Crippen molar-refractivity contribution < 1.29 is 0 Å². The molecule has 98 valence electrons. The third kappa shape index (κ3) is 2.35. The number of nitrogens with two attached hydrogens (primary N) is 1. The van der Waals surface area contributed by atoms with Crippen LogP contribution in [-0.2, 0) is 6.54 Å². The van der Waals surface area contributed by atoms with Crippen LogP contribution in [0.15, 0.2) is 24.0 Å². The van der Waals surface area contributed by atoms with Crippen molar-refractivity contribution in [1.29, 1.82) is 0 Å². The second kappa shape index (κ2) is 4.82. The molecule has 0 atom stereocenters. The smallest absolute Gasteiger partial charge is 0.180 e. The van der Waals surface area contributed by atoms with Crippen molar-refractivity contribution >= 4 is 28.6 Å². The van der Waals surface area contributed by atoms with Crippen LogP contribution in [0.25, 0.3) is 5.65 Å². The minimum Gasteiger partial charge on any atom is -0.360 e. The minimum atomic E-state index is 0.573. The molecule has 0 bridgehead atoms. The Morgan fingerprint density at radius 2 is 2.32 bits per heavy atom. The van der Waals surface area contributed by atoms with E-state index in [9.17, 15) is 0 Å². The molecular weight excluding hydrogens is 262 g/mol. The summed E-state index contributed by atoms with van der Waals surface area (Å²) < 4.78 is 1.86. The third-order valence-electron chi connectivity index (χ3n) is 2.60. The van der Waals surface area contributed by atoms with Crippen LogP contribution in [0.1, 0.15) is 10.7 Å². The Labute approximate surface area is 113 Å². The van der Waals surface area contributed by atoms with E-state index in [2.05, 4.69) is 25.7 Å². The summed E-state index contributed by atoms with van der Waals surface area (Å²) in [6, 6.07) is 0. The zero-order valence-electron chi connectivity index (χ0n) is 10.3. The number of nitrogens with one attached hydrogen (secondary N) is 2. The number of hydrogen-bond acceptors (Lipinski definition) is 7. The topological polar surface area (TPSA) is 93.2 Å². The largest absolute Gasteiger partial charge is 0.360 e. The summed E-state index contributed by atoms with van der Waals surface area (Å²) in [5.74, 6) is 6.65. The molecule has 0 radical (unpaired) electrons. The molecule has 8 heteroatoms. The van der Waals surface area contributed by atoms with Crippen LogP contribution in [-0.4, -0.2) is 19.4 Å². The molecule has 0 amide bonds. The lowest BCUT2D eigenvalue weighted by molar-refractivity contribution is 1.04. The highest BCUT2D eigenvalue weighted by Gasteiger charge is 2.07. The van der Waals surface area contributed by atoms with Crippen LogP contribution in [0.2, 0.25) is 0 Å². The molecule has 0 saturated carbocycles. The van der Waals surface area contributed by atoms with Crippen molar-refractivity contribution in [3.8, 4) is 0 Å². The van der Waals surface area contributed by atoms with E-state index >= 15 is 0 Å². The van der Waals surface area contributed by atoms with Gasteiger partial charge in [-0.05, 0) is 6.92 Å². The lowest BCUT2D eigenvalue weighted by Gasteiger charge is -2.08. The van der Waals surface area contributed by atoms with Crippen molar-refractivity contribution in [3.63, 3.8) is 0 Å². The molecule has 0 aliphatic heterocycles. The second-order valence-electron chi connectivity index (χ2n) is 4.01. The van der Waals surface area contributed by atoms with Crippen molar-refractivity contribution in [2.24, 2.45) is 5.84 Å². The first-order valence-corrected chi connectivity index (χ1v) is 6.59. The molecule has 19 heavy (non-hydrogen) atoms. The van der Waals surface area contributed by atoms with Gasteiger partial charge in [0.1, 0.15) is 5.01 Å². The SMILES string of the molecule is Cc1csc(CNc2nc(NN)cn3ccnc23)n1. The van der Waals surface area contributed by atoms with E-state index < -0.39 is 0 Å². The number of hydrogen-bond donors (Lipinski definition) is 3. The maximum atomic E-state index is 5.40.